The monoisotopic (exact) mass is 186 g/mol. The maximum atomic E-state index is 7.32. The third-order valence-electron chi connectivity index (χ3n) is 1.81. The first-order chi connectivity index (χ1) is 6.31. The van der Waals surface area contributed by atoms with E-state index in [9.17, 15) is 0 Å². The van der Waals surface area contributed by atoms with Crippen LogP contribution in [0.3, 0.4) is 0 Å². The Labute approximate surface area is 81.4 Å². The van der Waals surface area contributed by atoms with Gasteiger partial charge in [0.2, 0.25) is 0 Å². The molecular weight excluding hydrogens is 164 g/mol. The summed E-state index contributed by atoms with van der Waals surface area (Å²) >= 11 is 0. The Hall–Kier alpha value is -0.570. The molecule has 3 nitrogen and oxygen atoms in total. The minimum atomic E-state index is 0.345. The maximum Gasteiger partial charge on any atom is 0.194 e. The lowest BCUT2D eigenvalue weighted by atomic mass is 10.2. The number of ether oxygens (including phenoxy) is 1. The van der Waals surface area contributed by atoms with Gasteiger partial charge >= 0.3 is 0 Å². The van der Waals surface area contributed by atoms with E-state index in [-0.39, 0.29) is 0 Å². The molecule has 0 bridgehead atoms. The molecule has 0 atom stereocenters. The van der Waals surface area contributed by atoms with Crippen LogP contribution in [0.4, 0.5) is 0 Å². The van der Waals surface area contributed by atoms with Gasteiger partial charge in [-0.3, -0.25) is 5.41 Å². The van der Waals surface area contributed by atoms with Crippen LogP contribution in [0.2, 0.25) is 0 Å². The van der Waals surface area contributed by atoms with Gasteiger partial charge in [-0.25, -0.2) is 0 Å². The molecule has 0 radical (unpaired) electrons. The van der Waals surface area contributed by atoms with Gasteiger partial charge in [0.1, 0.15) is 0 Å². The van der Waals surface area contributed by atoms with Gasteiger partial charge in [0.15, 0.2) is 5.90 Å². The number of unbranched alkanes of at least 4 members (excludes halogenated alkanes) is 3. The Morgan fingerprint density at radius 3 is 2.62 bits per heavy atom. The van der Waals surface area contributed by atoms with E-state index >= 15 is 0 Å². The van der Waals surface area contributed by atoms with Gasteiger partial charge in [-0.2, -0.15) is 0 Å². The second-order valence-electron chi connectivity index (χ2n) is 3.09. The number of hydrogen-bond acceptors (Lipinski definition) is 3. The molecule has 13 heavy (non-hydrogen) atoms. The summed E-state index contributed by atoms with van der Waals surface area (Å²) in [5, 5.41) is 10.5. The van der Waals surface area contributed by atoms with Gasteiger partial charge in [0.05, 0.1) is 13.2 Å². The lowest BCUT2D eigenvalue weighted by Gasteiger charge is -2.06. The van der Waals surface area contributed by atoms with Crippen LogP contribution in [-0.2, 0) is 4.74 Å². The zero-order valence-electron chi connectivity index (χ0n) is 8.86. The molecule has 0 aromatic carbocycles. The van der Waals surface area contributed by atoms with E-state index in [1.807, 2.05) is 6.92 Å². The molecule has 0 aliphatic heterocycles. The van der Waals surface area contributed by atoms with E-state index in [2.05, 4.69) is 12.2 Å². The zero-order valence-corrected chi connectivity index (χ0v) is 8.86. The van der Waals surface area contributed by atoms with Crippen molar-refractivity contribution >= 4 is 5.90 Å². The molecule has 0 amide bonds. The molecule has 2 N–H and O–H groups in total. The second-order valence-corrected chi connectivity index (χ2v) is 3.09. The smallest absolute Gasteiger partial charge is 0.194 e. The third-order valence-corrected chi connectivity index (χ3v) is 1.81. The molecule has 0 aromatic heterocycles. The lowest BCUT2D eigenvalue weighted by Crippen LogP contribution is -2.25. The van der Waals surface area contributed by atoms with E-state index in [0.29, 0.717) is 19.0 Å². The average molecular weight is 186 g/mol. The third kappa shape index (κ3) is 9.34. The predicted molar refractivity (Wildman–Crippen MR) is 56.4 cm³/mol. The van der Waals surface area contributed by atoms with Crippen LogP contribution in [0.5, 0.6) is 0 Å². The lowest BCUT2D eigenvalue weighted by molar-refractivity contribution is 0.314. The molecule has 0 rings (SSSR count). The number of nitrogens with one attached hydrogen (secondary N) is 2. The summed E-state index contributed by atoms with van der Waals surface area (Å²) in [6.45, 7) is 6.26. The van der Waals surface area contributed by atoms with Gasteiger partial charge in [-0.05, 0) is 19.9 Å². The number of hydrogen-bond donors (Lipinski definition) is 2. The standard InChI is InChI=1S/C10H22N2O/c1-3-5-6-7-8-12-9-10(11)13-4-2/h11-12H,3-9H2,1-2H3. The van der Waals surface area contributed by atoms with Crippen molar-refractivity contribution in [3.05, 3.63) is 0 Å². The molecule has 0 fully saturated rings. The number of rotatable bonds is 8. The van der Waals surface area contributed by atoms with E-state index < -0.39 is 0 Å². The first-order valence-corrected chi connectivity index (χ1v) is 5.22. The van der Waals surface area contributed by atoms with Crippen LogP contribution in [0.15, 0.2) is 0 Å². The molecule has 0 saturated carbocycles. The van der Waals surface area contributed by atoms with Crippen LogP contribution in [-0.4, -0.2) is 25.6 Å². The molecular formula is C10H22N2O. The van der Waals surface area contributed by atoms with Crippen LogP contribution in [0.25, 0.3) is 0 Å². The zero-order chi connectivity index (χ0) is 9.94. The van der Waals surface area contributed by atoms with Crippen LogP contribution in [0.1, 0.15) is 39.5 Å². The fraction of sp³-hybridized carbons (Fsp3) is 0.900. The predicted octanol–water partition coefficient (Wildman–Crippen LogP) is 2.17. The molecule has 0 saturated heterocycles. The summed E-state index contributed by atoms with van der Waals surface area (Å²) in [6.07, 6.45) is 5.07. The summed E-state index contributed by atoms with van der Waals surface area (Å²) < 4.78 is 4.99. The Morgan fingerprint density at radius 1 is 1.23 bits per heavy atom. The molecule has 3 heteroatoms. The summed E-state index contributed by atoms with van der Waals surface area (Å²) in [7, 11) is 0. The van der Waals surface area contributed by atoms with Gasteiger partial charge in [-0.15, -0.1) is 0 Å². The summed E-state index contributed by atoms with van der Waals surface area (Å²) in [4.78, 5) is 0. The van der Waals surface area contributed by atoms with Gasteiger partial charge in [0.25, 0.3) is 0 Å². The first kappa shape index (κ1) is 12.4. The van der Waals surface area contributed by atoms with Crippen LogP contribution >= 0.6 is 0 Å². The molecule has 0 aromatic rings. The van der Waals surface area contributed by atoms with Crippen molar-refractivity contribution in [3.63, 3.8) is 0 Å². The Balaban J connectivity index is 3.02. The molecule has 78 valence electrons. The Morgan fingerprint density at radius 2 is 2.00 bits per heavy atom. The Bertz CT molecular complexity index is 126. The van der Waals surface area contributed by atoms with E-state index in [1.54, 1.807) is 0 Å². The van der Waals surface area contributed by atoms with Crippen molar-refractivity contribution in [2.24, 2.45) is 0 Å². The van der Waals surface area contributed by atoms with Gasteiger partial charge in [-0.1, -0.05) is 26.2 Å². The largest absolute Gasteiger partial charge is 0.481 e. The Kier molecular flexibility index (Phi) is 9.10. The molecule has 0 aliphatic carbocycles. The highest BCUT2D eigenvalue weighted by Crippen LogP contribution is 1.96. The molecule has 0 spiro atoms. The van der Waals surface area contributed by atoms with Crippen molar-refractivity contribution < 1.29 is 4.74 Å². The summed E-state index contributed by atoms with van der Waals surface area (Å²) in [5.74, 6) is 0.345. The highest BCUT2D eigenvalue weighted by atomic mass is 16.5. The minimum absolute atomic E-state index is 0.345. The second kappa shape index (κ2) is 9.52. The summed E-state index contributed by atoms with van der Waals surface area (Å²) in [6, 6.07) is 0. The molecule has 0 heterocycles. The minimum Gasteiger partial charge on any atom is -0.481 e. The van der Waals surface area contributed by atoms with Crippen molar-refractivity contribution in [3.8, 4) is 0 Å². The average Bonchev–Trinajstić information content (AvgIpc) is 2.11. The van der Waals surface area contributed by atoms with E-state index in [0.717, 1.165) is 6.54 Å². The molecule has 0 unspecified atom stereocenters. The normalized spacial score (nSPS) is 10.0. The fourth-order valence-electron chi connectivity index (χ4n) is 1.10. The SMILES string of the molecule is CCCCCCNCC(=N)OCC. The van der Waals surface area contributed by atoms with Gasteiger partial charge < -0.3 is 10.1 Å². The summed E-state index contributed by atoms with van der Waals surface area (Å²) in [5.41, 5.74) is 0. The van der Waals surface area contributed by atoms with E-state index in [4.69, 9.17) is 10.1 Å². The van der Waals surface area contributed by atoms with Crippen LogP contribution in [0, 0.1) is 5.41 Å². The first-order valence-electron chi connectivity index (χ1n) is 5.22. The maximum absolute atomic E-state index is 7.32. The van der Waals surface area contributed by atoms with Crippen LogP contribution < -0.4 is 5.32 Å². The van der Waals surface area contributed by atoms with Crippen molar-refractivity contribution in [1.29, 1.82) is 5.41 Å². The van der Waals surface area contributed by atoms with Crippen molar-refractivity contribution in [2.75, 3.05) is 19.7 Å². The molecule has 0 aliphatic rings. The highest BCUT2D eigenvalue weighted by molar-refractivity contribution is 5.74. The quantitative estimate of drug-likeness (QED) is 0.346. The van der Waals surface area contributed by atoms with E-state index in [1.165, 1.54) is 25.7 Å². The fourth-order valence-corrected chi connectivity index (χ4v) is 1.10. The van der Waals surface area contributed by atoms with Gasteiger partial charge in [0, 0.05) is 0 Å². The van der Waals surface area contributed by atoms with Crippen molar-refractivity contribution in [1.82, 2.24) is 5.32 Å². The topological polar surface area (TPSA) is 45.1 Å². The van der Waals surface area contributed by atoms with Crippen molar-refractivity contribution in [2.45, 2.75) is 39.5 Å². The highest BCUT2D eigenvalue weighted by Gasteiger charge is 1.94.